The number of benzene rings is 1. The molecule has 6 heteroatoms. The molecule has 0 atom stereocenters. The molecule has 0 aliphatic rings. The summed E-state index contributed by atoms with van der Waals surface area (Å²) in [6, 6.07) is 9.16. The molecule has 0 saturated heterocycles. The fourth-order valence-electron chi connectivity index (χ4n) is 2.08. The van der Waals surface area contributed by atoms with E-state index in [0.29, 0.717) is 15.9 Å². The Kier molecular flexibility index (Phi) is 4.05. The van der Waals surface area contributed by atoms with Crippen LogP contribution in [-0.2, 0) is 0 Å². The summed E-state index contributed by atoms with van der Waals surface area (Å²) in [5.74, 6) is 2.13. The largest absolute Gasteiger partial charge is 0.466 e. The van der Waals surface area contributed by atoms with Gasteiger partial charge in [0.05, 0.1) is 5.56 Å². The van der Waals surface area contributed by atoms with E-state index in [1.54, 1.807) is 18.2 Å². The fraction of sp³-hybridized carbons (Fsp3) is 0.125. The normalized spacial score (nSPS) is 11.9. The van der Waals surface area contributed by atoms with Gasteiger partial charge in [0.25, 0.3) is 11.8 Å². The van der Waals surface area contributed by atoms with Crippen molar-refractivity contribution in [1.82, 2.24) is 10.2 Å². The Bertz CT molecular complexity index is 849. The third-order valence-electron chi connectivity index (χ3n) is 3.04. The number of rotatable bonds is 3. The lowest BCUT2D eigenvalue weighted by Crippen LogP contribution is -1.78. The van der Waals surface area contributed by atoms with E-state index in [9.17, 15) is 0 Å². The summed E-state index contributed by atoms with van der Waals surface area (Å²) in [6.45, 7) is 3.70. The van der Waals surface area contributed by atoms with E-state index in [2.05, 4.69) is 10.2 Å². The van der Waals surface area contributed by atoms with Crippen molar-refractivity contribution in [2.24, 2.45) is 0 Å². The van der Waals surface area contributed by atoms with Gasteiger partial charge >= 0.3 is 0 Å². The van der Waals surface area contributed by atoms with Gasteiger partial charge in [-0.1, -0.05) is 35.3 Å². The number of hydrogen-bond acceptors (Lipinski definition) is 4. The van der Waals surface area contributed by atoms with Crippen LogP contribution in [-0.4, -0.2) is 10.2 Å². The molecule has 0 unspecified atom stereocenters. The molecule has 112 valence electrons. The molecule has 2 heterocycles. The van der Waals surface area contributed by atoms with E-state index in [0.717, 1.165) is 22.6 Å². The van der Waals surface area contributed by atoms with E-state index in [-0.39, 0.29) is 5.89 Å². The number of aryl methyl sites for hydroxylation is 2. The van der Waals surface area contributed by atoms with Gasteiger partial charge in [-0.2, -0.15) is 0 Å². The first-order valence-electron chi connectivity index (χ1n) is 6.57. The Balaban J connectivity index is 1.92. The number of hydrogen-bond donors (Lipinski definition) is 0. The highest BCUT2D eigenvalue weighted by molar-refractivity contribution is 6.50. The molecule has 0 N–H and O–H groups in total. The summed E-state index contributed by atoms with van der Waals surface area (Å²) in [5, 5.41) is 8.96. The van der Waals surface area contributed by atoms with Crippen LogP contribution in [0.15, 0.2) is 39.2 Å². The van der Waals surface area contributed by atoms with Crippen LogP contribution in [0.4, 0.5) is 0 Å². The summed E-state index contributed by atoms with van der Waals surface area (Å²) in [6.07, 6.45) is 1.72. The van der Waals surface area contributed by atoms with Crippen LogP contribution in [0.2, 0.25) is 5.02 Å². The van der Waals surface area contributed by atoms with Crippen molar-refractivity contribution >= 4 is 34.3 Å². The van der Waals surface area contributed by atoms with Crippen LogP contribution < -0.4 is 0 Å². The Morgan fingerprint density at radius 1 is 1.14 bits per heavy atom. The summed E-state index contributed by atoms with van der Waals surface area (Å²) < 4.78 is 11.1. The molecule has 0 fully saturated rings. The second-order valence-electron chi connectivity index (χ2n) is 4.79. The maximum absolute atomic E-state index is 6.24. The molecule has 1 aromatic carbocycles. The van der Waals surface area contributed by atoms with Gasteiger partial charge in [-0.05, 0) is 43.7 Å². The lowest BCUT2D eigenvalue weighted by Gasteiger charge is -1.95. The molecule has 0 bridgehead atoms. The van der Waals surface area contributed by atoms with Crippen molar-refractivity contribution in [2.45, 2.75) is 13.8 Å². The number of furan rings is 1. The molecule has 0 spiro atoms. The first-order valence-corrected chi connectivity index (χ1v) is 7.32. The minimum atomic E-state index is 0.245. The first kappa shape index (κ1) is 14.9. The predicted molar refractivity (Wildman–Crippen MR) is 86.7 cm³/mol. The van der Waals surface area contributed by atoms with Crippen molar-refractivity contribution in [2.75, 3.05) is 0 Å². The van der Waals surface area contributed by atoms with Crippen molar-refractivity contribution < 1.29 is 8.83 Å². The summed E-state index contributed by atoms with van der Waals surface area (Å²) in [4.78, 5) is 0. The van der Waals surface area contributed by atoms with E-state index in [1.807, 2.05) is 32.0 Å². The number of halogens is 2. The van der Waals surface area contributed by atoms with Crippen LogP contribution >= 0.6 is 23.2 Å². The second kappa shape index (κ2) is 5.99. The maximum Gasteiger partial charge on any atom is 0.259 e. The Labute approximate surface area is 137 Å². The Morgan fingerprint density at radius 3 is 2.64 bits per heavy atom. The van der Waals surface area contributed by atoms with Crippen LogP contribution in [0.5, 0.6) is 0 Å². The van der Waals surface area contributed by atoms with Crippen molar-refractivity contribution in [1.29, 1.82) is 0 Å². The van der Waals surface area contributed by atoms with Crippen molar-refractivity contribution in [3.05, 3.63) is 58.3 Å². The quantitative estimate of drug-likeness (QED) is 0.648. The molecule has 0 aliphatic carbocycles. The van der Waals surface area contributed by atoms with E-state index in [4.69, 9.17) is 32.0 Å². The van der Waals surface area contributed by atoms with Crippen LogP contribution in [0.3, 0.4) is 0 Å². The predicted octanol–water partition coefficient (Wildman–Crippen LogP) is 5.34. The minimum Gasteiger partial charge on any atom is -0.466 e. The maximum atomic E-state index is 6.24. The molecule has 0 aliphatic heterocycles. The molecule has 0 saturated carbocycles. The molecule has 0 amide bonds. The Morgan fingerprint density at radius 2 is 1.95 bits per heavy atom. The number of nitrogens with zero attached hydrogens (tertiary/aromatic N) is 2. The molecule has 3 aromatic rings. The average Bonchev–Trinajstić information content (AvgIpc) is 3.05. The zero-order valence-corrected chi connectivity index (χ0v) is 13.4. The molecule has 2 aromatic heterocycles. The molecule has 0 radical (unpaired) electrons. The Hall–Kier alpha value is -2.04. The van der Waals surface area contributed by atoms with Gasteiger partial charge in [0.2, 0.25) is 0 Å². The average molecular weight is 335 g/mol. The van der Waals surface area contributed by atoms with Crippen LogP contribution in [0.1, 0.15) is 23.0 Å². The molecular formula is C16H12Cl2N2O2. The third kappa shape index (κ3) is 3.08. The highest BCUT2D eigenvalue weighted by Gasteiger charge is 2.16. The summed E-state index contributed by atoms with van der Waals surface area (Å²) in [7, 11) is 0. The summed E-state index contributed by atoms with van der Waals surface area (Å²) >= 11 is 12.2. The highest BCUT2D eigenvalue weighted by atomic mass is 35.5. The van der Waals surface area contributed by atoms with Gasteiger partial charge in [-0.3, -0.25) is 0 Å². The zero-order valence-electron chi connectivity index (χ0n) is 11.9. The summed E-state index contributed by atoms with van der Waals surface area (Å²) in [5.41, 5.74) is 1.62. The fourth-order valence-corrected chi connectivity index (χ4v) is 2.48. The topological polar surface area (TPSA) is 52.1 Å². The van der Waals surface area contributed by atoms with E-state index >= 15 is 0 Å². The lowest BCUT2D eigenvalue weighted by molar-refractivity contribution is 0.502. The van der Waals surface area contributed by atoms with Gasteiger partial charge in [-0.25, -0.2) is 0 Å². The minimum absolute atomic E-state index is 0.245. The van der Waals surface area contributed by atoms with Crippen molar-refractivity contribution in [3.63, 3.8) is 0 Å². The van der Waals surface area contributed by atoms with Gasteiger partial charge < -0.3 is 8.83 Å². The zero-order chi connectivity index (χ0) is 15.7. The molecule has 3 rings (SSSR count). The van der Waals surface area contributed by atoms with E-state index < -0.39 is 0 Å². The SMILES string of the molecule is Cc1cc(-c2nnc(/C(Cl)=C/c3cccc(Cl)c3)o2)c(C)o1. The van der Waals surface area contributed by atoms with Gasteiger partial charge in [0, 0.05) is 5.02 Å². The van der Waals surface area contributed by atoms with Gasteiger partial charge in [0.1, 0.15) is 16.6 Å². The van der Waals surface area contributed by atoms with Crippen molar-refractivity contribution in [3.8, 4) is 11.5 Å². The lowest BCUT2D eigenvalue weighted by atomic mass is 10.2. The molecule has 4 nitrogen and oxygen atoms in total. The molecule has 22 heavy (non-hydrogen) atoms. The first-order chi connectivity index (χ1) is 10.5. The van der Waals surface area contributed by atoms with E-state index in [1.165, 1.54) is 0 Å². The van der Waals surface area contributed by atoms with Crippen LogP contribution in [0.25, 0.3) is 22.6 Å². The number of aromatic nitrogens is 2. The second-order valence-corrected chi connectivity index (χ2v) is 5.63. The molecular weight excluding hydrogens is 323 g/mol. The monoisotopic (exact) mass is 334 g/mol. The standard InChI is InChI=1S/C16H12Cl2N2O2/c1-9-6-13(10(2)21-9)15-19-20-16(22-15)14(18)8-11-4-3-5-12(17)7-11/h3-8H,1-2H3/b14-8-. The van der Waals surface area contributed by atoms with Gasteiger partial charge in [0.15, 0.2) is 0 Å². The third-order valence-corrected chi connectivity index (χ3v) is 3.55. The smallest absolute Gasteiger partial charge is 0.259 e. The van der Waals surface area contributed by atoms with Crippen LogP contribution in [0, 0.1) is 13.8 Å². The van der Waals surface area contributed by atoms with Gasteiger partial charge in [-0.15, -0.1) is 10.2 Å². The highest BCUT2D eigenvalue weighted by Crippen LogP contribution is 2.29.